The van der Waals surface area contributed by atoms with E-state index < -0.39 is 0 Å². The Labute approximate surface area is 157 Å². The minimum atomic E-state index is -0.307. The minimum Gasteiger partial charge on any atom is -0.399 e. The first-order chi connectivity index (χ1) is 12.5. The molecule has 136 valence electrons. The predicted octanol–water partition coefficient (Wildman–Crippen LogP) is 5.85. The van der Waals surface area contributed by atoms with Crippen molar-refractivity contribution in [2.24, 2.45) is 11.8 Å². The van der Waals surface area contributed by atoms with Gasteiger partial charge in [0.1, 0.15) is 5.60 Å². The summed E-state index contributed by atoms with van der Waals surface area (Å²) in [5.41, 5.74) is 13.1. The zero-order valence-electron chi connectivity index (χ0n) is 16.1. The first-order valence-electron chi connectivity index (χ1n) is 9.76. The van der Waals surface area contributed by atoms with Crippen LogP contribution in [0.2, 0.25) is 0 Å². The highest BCUT2D eigenvalue weighted by Gasteiger charge is 2.44. The number of benzene rings is 2. The number of anilines is 1. The van der Waals surface area contributed by atoms with Crippen LogP contribution in [-0.4, -0.2) is 7.11 Å². The van der Waals surface area contributed by atoms with E-state index in [1.807, 2.05) is 13.2 Å². The number of nitrogen functional groups attached to an aromatic ring is 1. The number of nitrogens with two attached hydrogens (primary N) is 1. The second-order valence-electron chi connectivity index (χ2n) is 8.16. The van der Waals surface area contributed by atoms with Crippen LogP contribution in [0.1, 0.15) is 43.7 Å². The highest BCUT2D eigenvalue weighted by molar-refractivity contribution is 5.75. The van der Waals surface area contributed by atoms with Gasteiger partial charge in [-0.1, -0.05) is 43.3 Å². The Morgan fingerprint density at radius 3 is 2.73 bits per heavy atom. The summed E-state index contributed by atoms with van der Waals surface area (Å²) in [7, 11) is 1.88. The van der Waals surface area contributed by atoms with E-state index in [1.54, 1.807) is 0 Å². The highest BCUT2D eigenvalue weighted by atomic mass is 16.5. The zero-order valence-corrected chi connectivity index (χ0v) is 16.1. The third kappa shape index (κ3) is 2.77. The highest BCUT2D eigenvalue weighted by Crippen LogP contribution is 2.52. The molecule has 0 spiro atoms. The summed E-state index contributed by atoms with van der Waals surface area (Å²) >= 11 is 0. The van der Waals surface area contributed by atoms with Gasteiger partial charge in [-0.15, -0.1) is 0 Å². The van der Waals surface area contributed by atoms with Crippen molar-refractivity contribution < 1.29 is 4.74 Å². The molecule has 2 aromatic rings. The van der Waals surface area contributed by atoms with Gasteiger partial charge in [0.05, 0.1) is 0 Å². The Morgan fingerprint density at radius 2 is 1.92 bits per heavy atom. The number of fused-ring (bicyclic) bond motifs is 2. The van der Waals surface area contributed by atoms with E-state index in [2.05, 4.69) is 56.3 Å². The number of aryl methyl sites for hydroxylation is 1. The van der Waals surface area contributed by atoms with Crippen LogP contribution in [0.25, 0.3) is 11.1 Å². The lowest BCUT2D eigenvalue weighted by Gasteiger charge is -2.46. The molecule has 0 amide bonds. The quantitative estimate of drug-likeness (QED) is 0.558. The number of methoxy groups -OCH3 is 1. The van der Waals surface area contributed by atoms with Gasteiger partial charge in [-0.2, -0.15) is 0 Å². The van der Waals surface area contributed by atoms with Crippen molar-refractivity contribution in [3.63, 3.8) is 0 Å². The summed E-state index contributed by atoms with van der Waals surface area (Å²) in [5, 5.41) is 0. The summed E-state index contributed by atoms with van der Waals surface area (Å²) in [5.74, 6) is 1.45. The zero-order chi connectivity index (χ0) is 18.3. The Kier molecular flexibility index (Phi) is 4.40. The molecule has 2 aliphatic carbocycles. The normalized spacial score (nSPS) is 27.9. The molecule has 1 fully saturated rings. The maximum atomic E-state index is 6.33. The van der Waals surface area contributed by atoms with E-state index in [-0.39, 0.29) is 5.60 Å². The van der Waals surface area contributed by atoms with Crippen LogP contribution in [0.3, 0.4) is 0 Å². The molecule has 2 aromatic carbocycles. The SMILES string of the molecule is COC1(c2ccccc2-c2cc(N)ccc2C)CCC2CC1=CC(C)C2. The van der Waals surface area contributed by atoms with Crippen molar-refractivity contribution in [3.05, 3.63) is 65.2 Å². The maximum absolute atomic E-state index is 6.33. The fraction of sp³-hybridized carbons (Fsp3) is 0.417. The molecule has 0 aliphatic heterocycles. The number of hydrogen-bond acceptors (Lipinski definition) is 2. The van der Waals surface area contributed by atoms with E-state index >= 15 is 0 Å². The van der Waals surface area contributed by atoms with Crippen molar-refractivity contribution in [1.82, 2.24) is 0 Å². The molecule has 2 aliphatic rings. The number of hydrogen-bond donors (Lipinski definition) is 1. The van der Waals surface area contributed by atoms with E-state index in [1.165, 1.54) is 47.1 Å². The molecule has 3 unspecified atom stereocenters. The van der Waals surface area contributed by atoms with Gasteiger partial charge in [0.25, 0.3) is 0 Å². The van der Waals surface area contributed by atoms with Crippen LogP contribution in [0, 0.1) is 18.8 Å². The van der Waals surface area contributed by atoms with Gasteiger partial charge >= 0.3 is 0 Å². The molecule has 1 saturated carbocycles. The van der Waals surface area contributed by atoms with Crippen molar-refractivity contribution in [1.29, 1.82) is 0 Å². The van der Waals surface area contributed by atoms with Crippen LogP contribution < -0.4 is 5.73 Å². The summed E-state index contributed by atoms with van der Waals surface area (Å²) in [6.07, 6.45) is 7.26. The van der Waals surface area contributed by atoms with Crippen molar-refractivity contribution in [2.75, 3.05) is 12.8 Å². The van der Waals surface area contributed by atoms with Crippen LogP contribution in [0.5, 0.6) is 0 Å². The van der Waals surface area contributed by atoms with E-state index in [9.17, 15) is 0 Å². The lowest BCUT2D eigenvalue weighted by Crippen LogP contribution is -2.39. The Hall–Kier alpha value is -2.06. The lowest BCUT2D eigenvalue weighted by molar-refractivity contribution is -0.0163. The van der Waals surface area contributed by atoms with Gasteiger partial charge in [-0.05, 0) is 84.4 Å². The second-order valence-corrected chi connectivity index (χ2v) is 8.16. The summed E-state index contributed by atoms with van der Waals surface area (Å²) in [4.78, 5) is 0. The molecule has 0 saturated heterocycles. The summed E-state index contributed by atoms with van der Waals surface area (Å²) in [6, 6.07) is 14.9. The largest absolute Gasteiger partial charge is 0.399 e. The number of allylic oxidation sites excluding steroid dienone is 1. The standard InChI is InChI=1S/C24H29NO/c1-16-12-18-10-11-24(26-3,19(13-16)14-18)23-7-5-4-6-21(23)22-15-20(25)9-8-17(22)2/h4-9,13,15-16,18H,10-12,14,25H2,1-3H3. The molecule has 4 rings (SSSR count). The monoisotopic (exact) mass is 347 g/mol. The first-order valence-corrected chi connectivity index (χ1v) is 9.76. The van der Waals surface area contributed by atoms with E-state index in [0.29, 0.717) is 5.92 Å². The fourth-order valence-electron chi connectivity index (χ4n) is 5.14. The molecule has 2 bridgehead atoms. The lowest BCUT2D eigenvalue weighted by atomic mass is 9.64. The summed E-state index contributed by atoms with van der Waals surface area (Å²) in [6.45, 7) is 4.50. The molecule has 2 N–H and O–H groups in total. The average Bonchev–Trinajstić information content (AvgIpc) is 2.64. The van der Waals surface area contributed by atoms with E-state index in [0.717, 1.165) is 18.0 Å². The van der Waals surface area contributed by atoms with Crippen molar-refractivity contribution >= 4 is 5.69 Å². The van der Waals surface area contributed by atoms with Gasteiger partial charge in [0.2, 0.25) is 0 Å². The first kappa shape index (κ1) is 17.4. The second kappa shape index (κ2) is 6.59. The van der Waals surface area contributed by atoms with Gasteiger partial charge in [-0.3, -0.25) is 0 Å². The molecule has 3 atom stereocenters. The topological polar surface area (TPSA) is 35.2 Å². The molecule has 0 radical (unpaired) electrons. The van der Waals surface area contributed by atoms with Crippen molar-refractivity contribution in [3.8, 4) is 11.1 Å². The molecule has 0 aromatic heterocycles. The fourth-order valence-corrected chi connectivity index (χ4v) is 5.14. The van der Waals surface area contributed by atoms with Gasteiger partial charge in [0.15, 0.2) is 0 Å². The van der Waals surface area contributed by atoms with E-state index in [4.69, 9.17) is 10.5 Å². The van der Waals surface area contributed by atoms with Crippen LogP contribution in [-0.2, 0) is 10.3 Å². The maximum Gasteiger partial charge on any atom is 0.114 e. The molecular formula is C24H29NO. The Balaban J connectivity index is 1.91. The molecular weight excluding hydrogens is 318 g/mol. The Bertz CT molecular complexity index is 853. The molecule has 2 nitrogen and oxygen atoms in total. The predicted molar refractivity (Wildman–Crippen MR) is 109 cm³/mol. The number of ether oxygens (including phenoxy) is 1. The molecule has 26 heavy (non-hydrogen) atoms. The smallest absolute Gasteiger partial charge is 0.114 e. The van der Waals surface area contributed by atoms with Gasteiger partial charge < -0.3 is 10.5 Å². The van der Waals surface area contributed by atoms with Crippen molar-refractivity contribution in [2.45, 2.75) is 45.1 Å². The van der Waals surface area contributed by atoms with Crippen LogP contribution in [0.4, 0.5) is 5.69 Å². The number of rotatable bonds is 3. The average molecular weight is 348 g/mol. The minimum absolute atomic E-state index is 0.307. The molecule has 2 heteroatoms. The van der Waals surface area contributed by atoms with Gasteiger partial charge in [0, 0.05) is 12.8 Å². The third-order valence-corrected chi connectivity index (χ3v) is 6.39. The van der Waals surface area contributed by atoms with Crippen LogP contribution in [0.15, 0.2) is 54.1 Å². The van der Waals surface area contributed by atoms with Gasteiger partial charge in [-0.25, -0.2) is 0 Å². The third-order valence-electron chi connectivity index (χ3n) is 6.39. The van der Waals surface area contributed by atoms with Crippen LogP contribution >= 0.6 is 0 Å². The molecule has 0 heterocycles. The summed E-state index contributed by atoms with van der Waals surface area (Å²) < 4.78 is 6.33. The Morgan fingerprint density at radius 1 is 1.12 bits per heavy atom.